The molecule has 5 rings (SSSR count). The van der Waals surface area contributed by atoms with Crippen molar-refractivity contribution in [2.75, 3.05) is 18.4 Å². The number of nitrogens with one attached hydrogen (secondary N) is 2. The number of anilines is 1. The third-order valence-electron chi connectivity index (χ3n) is 5.88. The molecule has 0 saturated carbocycles. The number of carbonyl (C=O) groups excluding carboxylic acids is 2. The van der Waals surface area contributed by atoms with Gasteiger partial charge in [0.2, 0.25) is 0 Å². The molecule has 3 aliphatic rings. The number of carbonyl (C=O) groups is 2. The Hall–Kier alpha value is -2.59. The second-order valence-electron chi connectivity index (χ2n) is 7.78. The van der Waals surface area contributed by atoms with Crippen molar-refractivity contribution in [3.8, 4) is 10.8 Å². The Bertz CT molecular complexity index is 968. The minimum atomic E-state index is -5.01. The van der Waals surface area contributed by atoms with Crippen molar-refractivity contribution in [1.82, 2.24) is 10.2 Å². The van der Waals surface area contributed by atoms with Gasteiger partial charge in [-0.3, -0.25) is 14.5 Å². The summed E-state index contributed by atoms with van der Waals surface area (Å²) in [5, 5.41) is 5.28. The number of thiophene rings is 1. The maximum atomic E-state index is 12.8. The van der Waals surface area contributed by atoms with Crippen LogP contribution in [0.15, 0.2) is 36.4 Å². The molecule has 2 bridgehead atoms. The van der Waals surface area contributed by atoms with Crippen molar-refractivity contribution in [3.05, 3.63) is 41.3 Å². The van der Waals surface area contributed by atoms with Gasteiger partial charge in [0.15, 0.2) is 10.8 Å². The first-order valence-electron chi connectivity index (χ1n) is 10.0. The predicted molar refractivity (Wildman–Crippen MR) is 111 cm³/mol. The van der Waals surface area contributed by atoms with E-state index < -0.39 is 12.1 Å². The molecule has 2 atom stereocenters. The summed E-state index contributed by atoms with van der Waals surface area (Å²) in [5.41, 5.74) is -0.106. The summed E-state index contributed by atoms with van der Waals surface area (Å²) in [4.78, 5) is 26.9. The van der Waals surface area contributed by atoms with Crippen LogP contribution in [0.25, 0.3) is 0 Å². The monoisotopic (exact) mass is 453 g/mol. The fourth-order valence-electron chi connectivity index (χ4n) is 4.23. The van der Waals surface area contributed by atoms with Crippen LogP contribution in [0.2, 0.25) is 0 Å². The zero-order valence-corrected chi connectivity index (χ0v) is 17.6. The molecule has 0 radical (unpaired) electrons. The number of halogens is 3. The van der Waals surface area contributed by atoms with Crippen LogP contribution in [0.1, 0.15) is 29.4 Å². The van der Waals surface area contributed by atoms with E-state index in [4.69, 9.17) is 4.74 Å². The van der Waals surface area contributed by atoms with Gasteiger partial charge in [0.05, 0.1) is 10.6 Å². The Kier molecular flexibility index (Phi) is 5.94. The lowest BCUT2D eigenvalue weighted by molar-refractivity contribution is -0.167. The highest BCUT2D eigenvalue weighted by Crippen LogP contribution is 2.36. The molecule has 0 spiro atoms. The number of hydrogen-bond acceptors (Lipinski definition) is 5. The molecule has 1 aromatic carbocycles. The largest absolute Gasteiger partial charge is 0.471 e. The van der Waals surface area contributed by atoms with E-state index in [1.807, 2.05) is 0 Å². The van der Waals surface area contributed by atoms with Crippen molar-refractivity contribution in [2.45, 2.75) is 38.0 Å². The summed E-state index contributed by atoms with van der Waals surface area (Å²) in [5.74, 6) is -1.74. The van der Waals surface area contributed by atoms with E-state index in [0.717, 1.165) is 37.3 Å². The van der Waals surface area contributed by atoms with Gasteiger partial charge in [-0.15, -0.1) is 0 Å². The van der Waals surface area contributed by atoms with Crippen molar-refractivity contribution in [3.63, 3.8) is 0 Å². The highest BCUT2D eigenvalue weighted by atomic mass is 32.1. The normalized spacial score (nSPS) is 25.2. The summed E-state index contributed by atoms with van der Waals surface area (Å²) >= 11 is 1.10. The average Bonchev–Trinajstić information content (AvgIpc) is 3.20. The van der Waals surface area contributed by atoms with Gasteiger partial charge < -0.3 is 15.4 Å². The van der Waals surface area contributed by atoms with Crippen molar-refractivity contribution >= 4 is 28.8 Å². The number of nitrogens with zero attached hydrogens (tertiary/aromatic N) is 1. The van der Waals surface area contributed by atoms with E-state index in [-0.39, 0.29) is 29.4 Å². The van der Waals surface area contributed by atoms with Gasteiger partial charge >= 0.3 is 12.1 Å². The Labute approximate surface area is 181 Å². The molecule has 0 aliphatic carbocycles. The molecule has 10 heteroatoms. The molecular weight excluding hydrogens is 431 g/mol. The molecule has 2 amide bonds. The van der Waals surface area contributed by atoms with Crippen LogP contribution in [0, 0.1) is 5.92 Å². The van der Waals surface area contributed by atoms with Crippen molar-refractivity contribution < 1.29 is 27.5 Å². The maximum absolute atomic E-state index is 12.8. The lowest BCUT2D eigenvalue weighted by Gasteiger charge is -2.49. The van der Waals surface area contributed by atoms with E-state index in [9.17, 15) is 22.8 Å². The minimum Gasteiger partial charge on any atom is -0.444 e. The molecule has 2 aromatic rings. The second-order valence-corrected chi connectivity index (χ2v) is 8.83. The average molecular weight is 453 g/mol. The van der Waals surface area contributed by atoms with Crippen molar-refractivity contribution in [2.24, 2.45) is 5.92 Å². The number of amides is 2. The molecule has 31 heavy (non-hydrogen) atoms. The summed E-state index contributed by atoms with van der Waals surface area (Å²) in [6.45, 7) is 4.27. The lowest BCUT2D eigenvalue weighted by Crippen LogP contribution is -2.62. The quantitative estimate of drug-likeness (QED) is 0.710. The molecular formula is C21H22F3N3O3S. The fraction of sp³-hybridized carbons (Fsp3) is 0.429. The summed E-state index contributed by atoms with van der Waals surface area (Å²) < 4.78 is 43.4. The Balaban J connectivity index is 1.43. The van der Waals surface area contributed by atoms with Gasteiger partial charge in [-0.2, -0.15) is 13.2 Å². The zero-order chi connectivity index (χ0) is 22.2. The first-order chi connectivity index (χ1) is 14.7. The summed E-state index contributed by atoms with van der Waals surface area (Å²) in [6, 6.07) is 9.42. The number of ether oxygens (including phenoxy) is 1. The second kappa shape index (κ2) is 8.51. The first-order valence-corrected chi connectivity index (χ1v) is 10.8. The molecule has 0 unspecified atom stereocenters. The number of benzene rings is 1. The lowest BCUT2D eigenvalue weighted by atomic mass is 9.79. The van der Waals surface area contributed by atoms with Crippen LogP contribution in [0.3, 0.4) is 0 Å². The minimum absolute atomic E-state index is 0.0555. The third-order valence-corrected chi connectivity index (χ3v) is 6.85. The number of fused-ring (bicyclic) bond motifs is 3. The Morgan fingerprint density at radius 3 is 2.52 bits per heavy atom. The van der Waals surface area contributed by atoms with E-state index in [2.05, 4.69) is 17.1 Å². The highest BCUT2D eigenvalue weighted by Gasteiger charge is 2.41. The molecule has 3 fully saturated rings. The molecule has 3 saturated heterocycles. The van der Waals surface area contributed by atoms with E-state index in [1.165, 1.54) is 18.2 Å². The van der Waals surface area contributed by atoms with Gasteiger partial charge in [0.1, 0.15) is 0 Å². The topological polar surface area (TPSA) is 70.7 Å². The first kappa shape index (κ1) is 21.6. The van der Waals surface area contributed by atoms with Gasteiger partial charge in [-0.25, -0.2) is 0 Å². The van der Waals surface area contributed by atoms with Crippen molar-refractivity contribution in [1.29, 1.82) is 0 Å². The molecule has 1 aromatic heterocycles. The predicted octanol–water partition coefficient (Wildman–Crippen LogP) is 4.25. The van der Waals surface area contributed by atoms with Crippen LogP contribution < -0.4 is 15.4 Å². The Morgan fingerprint density at radius 2 is 1.84 bits per heavy atom. The van der Waals surface area contributed by atoms with E-state index in [0.29, 0.717) is 15.9 Å². The fourth-order valence-corrected chi connectivity index (χ4v) is 5.00. The molecule has 3 aliphatic heterocycles. The van der Waals surface area contributed by atoms with Crippen LogP contribution >= 0.6 is 11.3 Å². The van der Waals surface area contributed by atoms with Gasteiger partial charge in [0, 0.05) is 12.1 Å². The number of rotatable bonds is 5. The molecule has 4 heterocycles. The van der Waals surface area contributed by atoms with Gasteiger partial charge in [0.25, 0.3) is 5.91 Å². The van der Waals surface area contributed by atoms with Gasteiger partial charge in [-0.1, -0.05) is 23.5 Å². The standard InChI is InChI=1S/C21H22F3N3O3S/c1-12-18(13-8-10-27(12)11-9-13)26-19(28)16-6-7-17(31-16)30-15-5-3-2-4-14(15)25-20(29)21(22,23)24/h2-7,12-13,18H,8-11H2,1H3,(H,25,29)(H,26,28)/t12-,18-/m0/s1. The summed E-state index contributed by atoms with van der Waals surface area (Å²) in [6.07, 6.45) is -2.85. The van der Waals surface area contributed by atoms with Crippen LogP contribution in [-0.4, -0.2) is 48.1 Å². The molecule has 166 valence electrons. The zero-order valence-electron chi connectivity index (χ0n) is 16.7. The molecule has 6 nitrogen and oxygen atoms in total. The number of piperidine rings is 3. The maximum Gasteiger partial charge on any atom is 0.471 e. The van der Waals surface area contributed by atoms with Crippen LogP contribution in [0.5, 0.6) is 10.8 Å². The van der Waals surface area contributed by atoms with E-state index >= 15 is 0 Å². The number of alkyl halides is 3. The number of hydrogen-bond donors (Lipinski definition) is 2. The smallest absolute Gasteiger partial charge is 0.444 e. The molecule has 2 N–H and O–H groups in total. The summed E-state index contributed by atoms with van der Waals surface area (Å²) in [7, 11) is 0. The third kappa shape index (κ3) is 4.69. The van der Waals surface area contributed by atoms with E-state index in [1.54, 1.807) is 23.5 Å². The van der Waals surface area contributed by atoms with Gasteiger partial charge in [-0.05, 0) is 63.0 Å². The SMILES string of the molecule is C[C@H]1[C@H](NC(=O)c2ccc(Oc3ccccc3NC(=O)C(F)(F)F)s2)C2CCN1CC2. The van der Waals surface area contributed by atoms with Crippen LogP contribution in [-0.2, 0) is 4.79 Å². The number of para-hydroxylation sites is 2. The van der Waals surface area contributed by atoms with Crippen LogP contribution in [0.4, 0.5) is 18.9 Å². The highest BCUT2D eigenvalue weighted by molar-refractivity contribution is 7.15. The Morgan fingerprint density at radius 1 is 1.13 bits per heavy atom.